The smallest absolute Gasteiger partial charge is 0.356 e. The van der Waals surface area contributed by atoms with E-state index in [-0.39, 0.29) is 22.2 Å². The number of amides is 3. The van der Waals surface area contributed by atoms with E-state index in [1.807, 2.05) is 60.7 Å². The Hall–Kier alpha value is -4.75. The van der Waals surface area contributed by atoms with Gasteiger partial charge in [-0.1, -0.05) is 78.5 Å². The van der Waals surface area contributed by atoms with Crippen molar-refractivity contribution in [3.63, 3.8) is 0 Å². The van der Waals surface area contributed by atoms with Crippen LogP contribution in [0.25, 0.3) is 0 Å². The minimum Gasteiger partial charge on any atom is -0.448 e. The Balaban J connectivity index is 1.36. The van der Waals surface area contributed by atoms with E-state index in [1.54, 1.807) is 0 Å². The first kappa shape index (κ1) is 28.8. The number of carbonyl (C=O) groups is 4. The lowest BCUT2D eigenvalue weighted by Gasteiger charge is -2.49. The second-order valence-electron chi connectivity index (χ2n) is 8.97. The van der Waals surface area contributed by atoms with Crippen LogP contribution in [0.5, 0.6) is 0 Å². The summed E-state index contributed by atoms with van der Waals surface area (Å²) in [6, 6.07) is 17.7. The molecule has 214 valence electrons. The number of thiazole rings is 1. The number of aromatic nitrogens is 1. The predicted molar refractivity (Wildman–Crippen MR) is 158 cm³/mol. The molecule has 3 amide bonds. The minimum absolute atomic E-state index is 0.0935. The zero-order chi connectivity index (χ0) is 29.6. The van der Waals surface area contributed by atoms with Gasteiger partial charge in [0.05, 0.1) is 0 Å². The summed E-state index contributed by atoms with van der Waals surface area (Å²) in [5, 5.41) is 10.1. The maximum Gasteiger partial charge on any atom is 0.356 e. The molecule has 0 spiro atoms. The van der Waals surface area contributed by atoms with E-state index in [2.05, 4.69) is 27.4 Å². The van der Waals surface area contributed by atoms with Crippen LogP contribution in [-0.4, -0.2) is 64.1 Å². The van der Waals surface area contributed by atoms with Crippen molar-refractivity contribution in [2.24, 2.45) is 5.16 Å². The van der Waals surface area contributed by atoms with Crippen molar-refractivity contribution < 1.29 is 28.8 Å². The number of benzene rings is 2. The van der Waals surface area contributed by atoms with E-state index in [9.17, 15) is 19.2 Å². The number of allylic oxidation sites excluding steroid dienone is 1. The monoisotopic (exact) mass is 603 g/mol. The summed E-state index contributed by atoms with van der Waals surface area (Å²) >= 11 is 2.48. The van der Waals surface area contributed by atoms with Gasteiger partial charge in [-0.15, -0.1) is 23.1 Å². The fraction of sp³-hybridized carbons (Fsp3) is 0.172. The van der Waals surface area contributed by atoms with E-state index < -0.39 is 35.3 Å². The van der Waals surface area contributed by atoms with Crippen LogP contribution < -0.4 is 10.6 Å². The molecule has 2 aliphatic rings. The largest absolute Gasteiger partial charge is 0.448 e. The van der Waals surface area contributed by atoms with E-state index >= 15 is 0 Å². The van der Waals surface area contributed by atoms with Crippen molar-refractivity contribution in [2.45, 2.75) is 17.5 Å². The van der Waals surface area contributed by atoms with Gasteiger partial charge in [-0.2, -0.15) is 0 Å². The maximum atomic E-state index is 13.7. The minimum atomic E-state index is -0.941. The number of fused-ring (bicyclic) bond motifs is 1. The quantitative estimate of drug-likeness (QED) is 0.112. The number of thioether (sulfide) groups is 1. The van der Waals surface area contributed by atoms with Crippen LogP contribution in [0.2, 0.25) is 0 Å². The number of hydrogen-bond acceptors (Lipinski definition) is 10. The Bertz CT molecular complexity index is 1530. The Morgan fingerprint density at radius 1 is 1.14 bits per heavy atom. The molecule has 1 unspecified atom stereocenters. The Kier molecular flexibility index (Phi) is 8.79. The van der Waals surface area contributed by atoms with Gasteiger partial charge in [0.1, 0.15) is 29.9 Å². The summed E-state index contributed by atoms with van der Waals surface area (Å²) in [7, 11) is 1.27. The molecule has 1 saturated heterocycles. The van der Waals surface area contributed by atoms with Crippen molar-refractivity contribution in [1.29, 1.82) is 0 Å². The molecular weight excluding hydrogens is 578 g/mol. The number of β-lactam (4-membered cyclic amide) rings is 1. The summed E-state index contributed by atoms with van der Waals surface area (Å²) in [5.74, 6) is -1.48. The molecular formula is C29H25N5O6S2. The van der Waals surface area contributed by atoms with Crippen molar-refractivity contribution >= 4 is 58.1 Å². The van der Waals surface area contributed by atoms with E-state index in [0.717, 1.165) is 22.5 Å². The van der Waals surface area contributed by atoms with Gasteiger partial charge in [-0.05, 0) is 16.7 Å². The first-order chi connectivity index (χ1) is 20.5. The average molecular weight is 604 g/mol. The molecule has 5 rings (SSSR count). The number of esters is 1. The molecule has 2 aliphatic heterocycles. The number of ether oxygens (including phenoxy) is 1. The van der Waals surface area contributed by atoms with Crippen LogP contribution in [0.1, 0.15) is 22.9 Å². The average Bonchev–Trinajstić information content (AvgIpc) is 3.49. The lowest BCUT2D eigenvalue weighted by Crippen LogP contribution is -2.71. The van der Waals surface area contributed by atoms with Crippen LogP contribution >= 0.6 is 23.1 Å². The lowest BCUT2D eigenvalue weighted by atomic mass is 10.0. The Morgan fingerprint density at radius 2 is 1.81 bits per heavy atom. The van der Waals surface area contributed by atoms with Gasteiger partial charge in [0.2, 0.25) is 6.41 Å². The van der Waals surface area contributed by atoms with Crippen molar-refractivity contribution in [3.8, 4) is 0 Å². The third-order valence-corrected chi connectivity index (χ3v) is 8.56. The molecule has 13 heteroatoms. The normalized spacial score (nSPS) is 18.1. The van der Waals surface area contributed by atoms with Crippen molar-refractivity contribution in [2.75, 3.05) is 18.2 Å². The highest BCUT2D eigenvalue weighted by Crippen LogP contribution is 2.42. The van der Waals surface area contributed by atoms with Crippen LogP contribution in [0, 0.1) is 0 Å². The second kappa shape index (κ2) is 12.8. The van der Waals surface area contributed by atoms with Crippen LogP contribution in [0.4, 0.5) is 5.13 Å². The highest BCUT2D eigenvalue weighted by Gasteiger charge is 2.54. The molecule has 42 heavy (non-hydrogen) atoms. The zero-order valence-electron chi connectivity index (χ0n) is 22.3. The van der Waals surface area contributed by atoms with Crippen LogP contribution in [-0.2, 0) is 28.8 Å². The highest BCUT2D eigenvalue weighted by molar-refractivity contribution is 8.00. The third kappa shape index (κ3) is 5.69. The summed E-state index contributed by atoms with van der Waals surface area (Å²) in [4.78, 5) is 61.4. The van der Waals surface area contributed by atoms with Gasteiger partial charge in [0.15, 0.2) is 16.9 Å². The summed E-state index contributed by atoms with van der Waals surface area (Å²) in [6.45, 7) is 3.83. The third-order valence-electron chi connectivity index (χ3n) is 6.48. The number of nitrogens with zero attached hydrogens (tertiary/aromatic N) is 3. The first-order valence-electron chi connectivity index (χ1n) is 12.7. The highest BCUT2D eigenvalue weighted by atomic mass is 32.2. The topological polar surface area (TPSA) is 139 Å². The number of hydrogen-bond donors (Lipinski definition) is 2. The summed E-state index contributed by atoms with van der Waals surface area (Å²) < 4.78 is 6.05. The molecule has 0 saturated carbocycles. The Labute approximate surface area is 249 Å². The molecule has 11 nitrogen and oxygen atoms in total. The summed E-state index contributed by atoms with van der Waals surface area (Å²) in [5.41, 5.74) is 2.19. The lowest BCUT2D eigenvalue weighted by molar-refractivity contribution is -0.154. The van der Waals surface area contributed by atoms with Gasteiger partial charge in [-0.25, -0.2) is 9.78 Å². The van der Waals surface area contributed by atoms with Crippen LogP contribution in [0.15, 0.2) is 95.1 Å². The predicted octanol–water partition coefficient (Wildman–Crippen LogP) is 3.23. The molecule has 2 atom stereocenters. The molecule has 1 aromatic heterocycles. The Morgan fingerprint density at radius 3 is 2.40 bits per heavy atom. The SMILES string of the molecule is C=CC1=C(C(=O)OC(c2ccccc2)c2ccccc2)N2C(=O)C(NC(=O)C(=NOC)c3csc(NC=O)n3)[C@H]2SC1. The molecule has 2 aromatic carbocycles. The number of anilines is 1. The molecule has 2 N–H and O–H groups in total. The van der Waals surface area contributed by atoms with E-state index in [4.69, 9.17) is 9.57 Å². The molecule has 0 radical (unpaired) electrons. The van der Waals surface area contributed by atoms with Gasteiger partial charge in [0, 0.05) is 11.1 Å². The van der Waals surface area contributed by atoms with Gasteiger partial charge < -0.3 is 20.2 Å². The molecule has 3 heterocycles. The molecule has 3 aromatic rings. The molecule has 0 aliphatic carbocycles. The standard InChI is InChI=1S/C29H25N5O6S2/c1-3-17-14-41-27-22(32-25(36)21(33-39-2)20-15-42-29(31-20)30-16-35)26(37)34(27)23(17)28(38)40-24(18-10-6-4-7-11-18)19-12-8-5-9-13-19/h3-13,15-16,22,24,27H,1,14H2,2H3,(H,32,36)(H,30,31,35)/t22?,27-/m1/s1. The van der Waals surface area contributed by atoms with Crippen LogP contribution in [0.3, 0.4) is 0 Å². The number of rotatable bonds is 11. The van der Waals surface area contributed by atoms with Crippen molar-refractivity contribution in [3.05, 3.63) is 107 Å². The van der Waals surface area contributed by atoms with Crippen molar-refractivity contribution in [1.82, 2.24) is 15.2 Å². The first-order valence-corrected chi connectivity index (χ1v) is 14.6. The summed E-state index contributed by atoms with van der Waals surface area (Å²) in [6.07, 6.45) is 1.30. The fourth-order valence-electron chi connectivity index (χ4n) is 4.54. The fourth-order valence-corrected chi connectivity index (χ4v) is 6.54. The van der Waals surface area contributed by atoms with Gasteiger partial charge >= 0.3 is 5.97 Å². The number of carbonyl (C=O) groups excluding carboxylic acids is 4. The van der Waals surface area contributed by atoms with Gasteiger partial charge in [0.25, 0.3) is 11.8 Å². The van der Waals surface area contributed by atoms with E-state index in [0.29, 0.717) is 17.7 Å². The van der Waals surface area contributed by atoms with E-state index in [1.165, 1.54) is 35.2 Å². The number of oxime groups is 1. The van der Waals surface area contributed by atoms with Gasteiger partial charge in [-0.3, -0.25) is 19.3 Å². The molecule has 0 bridgehead atoms. The number of nitrogens with one attached hydrogen (secondary N) is 2. The maximum absolute atomic E-state index is 13.7. The second-order valence-corrected chi connectivity index (χ2v) is 10.9. The zero-order valence-corrected chi connectivity index (χ0v) is 23.9. The molecule has 1 fully saturated rings.